The molecule has 0 aromatic carbocycles. The molecule has 1 amide bonds. The van der Waals surface area contributed by atoms with Crippen molar-refractivity contribution in [3.8, 4) is 0 Å². The Bertz CT molecular complexity index is 439. The summed E-state index contributed by atoms with van der Waals surface area (Å²) < 4.78 is 0. The molecule has 0 aliphatic heterocycles. The lowest BCUT2D eigenvalue weighted by atomic mass is 9.75. The first kappa shape index (κ1) is 13.8. The van der Waals surface area contributed by atoms with Crippen molar-refractivity contribution in [1.82, 2.24) is 15.2 Å². The van der Waals surface area contributed by atoms with Gasteiger partial charge in [0.1, 0.15) is 5.82 Å². The Hall–Kier alpha value is -1.66. The van der Waals surface area contributed by atoms with E-state index in [4.69, 9.17) is 5.84 Å². The summed E-state index contributed by atoms with van der Waals surface area (Å²) in [7, 11) is 4.13. The highest BCUT2D eigenvalue weighted by Crippen LogP contribution is 2.35. The van der Waals surface area contributed by atoms with Gasteiger partial charge in [0.25, 0.3) is 5.91 Å². The number of hydrogen-bond acceptors (Lipinski definition) is 5. The average Bonchev–Trinajstić information content (AvgIpc) is 2.37. The molecule has 2 rings (SSSR count). The Morgan fingerprint density at radius 2 is 2.21 bits per heavy atom. The fraction of sp³-hybridized carbons (Fsp3) is 0.538. The zero-order valence-corrected chi connectivity index (χ0v) is 11.4. The van der Waals surface area contributed by atoms with E-state index in [1.807, 2.05) is 0 Å². The molecule has 1 aromatic heterocycles. The van der Waals surface area contributed by atoms with Crippen LogP contribution in [-0.2, 0) is 0 Å². The third kappa shape index (κ3) is 2.85. The van der Waals surface area contributed by atoms with Gasteiger partial charge in [0.2, 0.25) is 0 Å². The van der Waals surface area contributed by atoms with Gasteiger partial charge in [-0.15, -0.1) is 0 Å². The van der Waals surface area contributed by atoms with Crippen LogP contribution in [0.4, 0.5) is 5.82 Å². The minimum Gasteiger partial charge on any atom is -0.350 e. The number of hydrazine groups is 1. The van der Waals surface area contributed by atoms with E-state index in [0.717, 1.165) is 12.8 Å². The van der Waals surface area contributed by atoms with Gasteiger partial charge in [0.15, 0.2) is 0 Å². The monoisotopic (exact) mass is 263 g/mol. The number of carbonyl (C=O) groups excluding carboxylic acids is 1. The number of nitrogens with zero attached hydrogens (tertiary/aromatic N) is 2. The van der Waals surface area contributed by atoms with Crippen LogP contribution in [0.3, 0.4) is 0 Å². The number of nitrogen functional groups attached to an aromatic ring is 1. The molecule has 1 aliphatic carbocycles. The van der Waals surface area contributed by atoms with E-state index in [-0.39, 0.29) is 11.4 Å². The average molecular weight is 263 g/mol. The fourth-order valence-corrected chi connectivity index (χ4v) is 2.33. The molecule has 104 valence electrons. The number of amides is 1. The number of hydrogen-bond donors (Lipinski definition) is 3. The molecular weight excluding hydrogens is 242 g/mol. The van der Waals surface area contributed by atoms with Gasteiger partial charge >= 0.3 is 0 Å². The van der Waals surface area contributed by atoms with Crippen molar-refractivity contribution in [3.63, 3.8) is 0 Å². The van der Waals surface area contributed by atoms with Gasteiger partial charge in [-0.2, -0.15) is 0 Å². The van der Waals surface area contributed by atoms with Crippen molar-refractivity contribution in [2.75, 3.05) is 26.1 Å². The van der Waals surface area contributed by atoms with Crippen molar-refractivity contribution in [1.29, 1.82) is 0 Å². The number of aromatic nitrogens is 1. The summed E-state index contributed by atoms with van der Waals surface area (Å²) in [6.07, 6.45) is 5.02. The van der Waals surface area contributed by atoms with Crippen LogP contribution >= 0.6 is 0 Å². The highest BCUT2D eigenvalue weighted by Gasteiger charge is 2.39. The fourth-order valence-electron chi connectivity index (χ4n) is 2.33. The molecular formula is C13H21N5O. The summed E-state index contributed by atoms with van der Waals surface area (Å²) in [5.41, 5.74) is 3.11. The Morgan fingerprint density at radius 1 is 1.47 bits per heavy atom. The second kappa shape index (κ2) is 5.54. The Kier molecular flexibility index (Phi) is 4.01. The van der Waals surface area contributed by atoms with Gasteiger partial charge in [0.05, 0.1) is 5.56 Å². The predicted molar refractivity (Wildman–Crippen MR) is 74.6 cm³/mol. The molecule has 19 heavy (non-hydrogen) atoms. The second-order valence-corrected chi connectivity index (χ2v) is 5.23. The van der Waals surface area contributed by atoms with Crippen LogP contribution in [0.1, 0.15) is 29.6 Å². The minimum absolute atomic E-state index is 0.0933. The molecule has 0 radical (unpaired) electrons. The lowest BCUT2D eigenvalue weighted by molar-refractivity contribution is 0.0557. The topological polar surface area (TPSA) is 83.3 Å². The van der Waals surface area contributed by atoms with Gasteiger partial charge in [-0.3, -0.25) is 4.79 Å². The van der Waals surface area contributed by atoms with E-state index in [1.165, 1.54) is 12.6 Å². The van der Waals surface area contributed by atoms with Crippen molar-refractivity contribution in [2.45, 2.75) is 24.8 Å². The molecule has 1 aromatic rings. The summed E-state index contributed by atoms with van der Waals surface area (Å²) in [5, 5.41) is 2.99. The molecule has 6 nitrogen and oxygen atoms in total. The van der Waals surface area contributed by atoms with Crippen LogP contribution in [0.5, 0.6) is 0 Å². The first-order valence-electron chi connectivity index (χ1n) is 6.46. The summed E-state index contributed by atoms with van der Waals surface area (Å²) in [6, 6.07) is 3.39. The van der Waals surface area contributed by atoms with Crippen LogP contribution in [0, 0.1) is 0 Å². The number of pyridine rings is 1. The van der Waals surface area contributed by atoms with E-state index in [9.17, 15) is 4.79 Å². The highest BCUT2D eigenvalue weighted by atomic mass is 16.1. The molecule has 0 spiro atoms. The predicted octanol–water partition coefficient (Wildman–Crippen LogP) is 0.581. The summed E-state index contributed by atoms with van der Waals surface area (Å²) in [5.74, 6) is 5.68. The van der Waals surface area contributed by atoms with Crippen LogP contribution < -0.4 is 16.6 Å². The van der Waals surface area contributed by atoms with Gasteiger partial charge in [-0.1, -0.05) is 0 Å². The lowest BCUT2D eigenvalue weighted by Crippen LogP contribution is -2.57. The number of rotatable bonds is 5. The van der Waals surface area contributed by atoms with Crippen LogP contribution in [-0.4, -0.2) is 42.0 Å². The van der Waals surface area contributed by atoms with Gasteiger partial charge in [-0.25, -0.2) is 10.8 Å². The second-order valence-electron chi connectivity index (χ2n) is 5.23. The number of carbonyl (C=O) groups is 1. The molecule has 0 bridgehead atoms. The van der Waals surface area contributed by atoms with Crippen LogP contribution in [0.2, 0.25) is 0 Å². The molecule has 1 saturated carbocycles. The van der Waals surface area contributed by atoms with Gasteiger partial charge in [-0.05, 0) is 45.5 Å². The standard InChI is InChI=1S/C13H21N5O/c1-18(2)13(6-3-7-13)9-16-12(19)10-4-5-11(17-14)15-8-10/h4-5,8H,3,6-7,9,14H2,1-2H3,(H,15,17)(H,16,19). The van der Waals surface area contributed by atoms with E-state index in [2.05, 4.69) is 34.7 Å². The van der Waals surface area contributed by atoms with Crippen LogP contribution in [0.25, 0.3) is 0 Å². The van der Waals surface area contributed by atoms with Gasteiger partial charge < -0.3 is 15.6 Å². The van der Waals surface area contributed by atoms with E-state index in [1.54, 1.807) is 12.1 Å². The Morgan fingerprint density at radius 3 is 2.63 bits per heavy atom. The maximum absolute atomic E-state index is 12.0. The molecule has 1 heterocycles. The molecule has 1 fully saturated rings. The quantitative estimate of drug-likeness (QED) is 0.535. The van der Waals surface area contributed by atoms with Crippen LogP contribution in [0.15, 0.2) is 18.3 Å². The number of nitrogens with one attached hydrogen (secondary N) is 2. The third-order valence-corrected chi connectivity index (χ3v) is 3.98. The Labute approximate surface area is 113 Å². The largest absolute Gasteiger partial charge is 0.350 e. The molecule has 1 aliphatic rings. The minimum atomic E-state index is -0.0933. The van der Waals surface area contributed by atoms with Crippen molar-refractivity contribution < 1.29 is 4.79 Å². The summed E-state index contributed by atoms with van der Waals surface area (Å²) >= 11 is 0. The number of anilines is 1. The third-order valence-electron chi connectivity index (χ3n) is 3.98. The zero-order valence-electron chi connectivity index (χ0n) is 11.4. The number of nitrogens with two attached hydrogens (primary N) is 1. The van der Waals surface area contributed by atoms with E-state index >= 15 is 0 Å². The maximum Gasteiger partial charge on any atom is 0.252 e. The first-order valence-corrected chi connectivity index (χ1v) is 6.46. The molecule has 0 atom stereocenters. The summed E-state index contributed by atoms with van der Waals surface area (Å²) in [4.78, 5) is 18.3. The first-order chi connectivity index (χ1) is 9.07. The number of likely N-dealkylation sites (N-methyl/N-ethyl adjacent to an activating group) is 1. The van der Waals surface area contributed by atoms with E-state index in [0.29, 0.717) is 17.9 Å². The lowest BCUT2D eigenvalue weighted by Gasteiger charge is -2.47. The molecule has 4 N–H and O–H groups in total. The normalized spacial score (nSPS) is 16.8. The Balaban J connectivity index is 1.93. The van der Waals surface area contributed by atoms with Crippen molar-refractivity contribution in [2.24, 2.45) is 5.84 Å². The maximum atomic E-state index is 12.0. The van der Waals surface area contributed by atoms with Crippen molar-refractivity contribution in [3.05, 3.63) is 23.9 Å². The SMILES string of the molecule is CN(C)C1(CNC(=O)c2ccc(NN)nc2)CCC1. The highest BCUT2D eigenvalue weighted by molar-refractivity contribution is 5.94. The van der Waals surface area contributed by atoms with E-state index < -0.39 is 0 Å². The smallest absolute Gasteiger partial charge is 0.252 e. The molecule has 6 heteroatoms. The van der Waals surface area contributed by atoms with Crippen molar-refractivity contribution >= 4 is 11.7 Å². The van der Waals surface area contributed by atoms with Gasteiger partial charge in [0, 0.05) is 18.3 Å². The molecule has 0 saturated heterocycles. The zero-order chi connectivity index (χ0) is 13.9. The molecule has 0 unspecified atom stereocenters. The summed E-state index contributed by atoms with van der Waals surface area (Å²) in [6.45, 7) is 0.676.